The van der Waals surface area contributed by atoms with Crippen LogP contribution in [0.5, 0.6) is 0 Å². The first kappa shape index (κ1) is 12.3. The normalized spacial score (nSPS) is 12.8. The van der Waals surface area contributed by atoms with Crippen molar-refractivity contribution in [3.63, 3.8) is 0 Å². The molecule has 0 fully saturated rings. The van der Waals surface area contributed by atoms with Crippen molar-refractivity contribution < 1.29 is 0 Å². The molecule has 96 valence electrons. The van der Waals surface area contributed by atoms with Crippen LogP contribution in [0.15, 0.2) is 54.7 Å². The van der Waals surface area contributed by atoms with Crippen LogP contribution in [0.2, 0.25) is 5.02 Å². The average Bonchev–Trinajstić information content (AvgIpc) is 2.80. The molecule has 0 saturated carbocycles. The zero-order chi connectivity index (χ0) is 13.4. The molecule has 3 rings (SSSR count). The first-order valence-electron chi connectivity index (χ1n) is 6.46. The summed E-state index contributed by atoms with van der Waals surface area (Å²) in [5.74, 6) is 0.304. The van der Waals surface area contributed by atoms with Gasteiger partial charge in [-0.05, 0) is 40.8 Å². The molecule has 0 radical (unpaired) electrons. The lowest BCUT2D eigenvalue weighted by Crippen LogP contribution is -1.97. The van der Waals surface area contributed by atoms with Crippen molar-refractivity contribution in [3.05, 3.63) is 70.9 Å². The second kappa shape index (κ2) is 4.75. The van der Waals surface area contributed by atoms with E-state index >= 15 is 0 Å². The first-order valence-corrected chi connectivity index (χ1v) is 6.84. The van der Waals surface area contributed by atoms with Crippen LogP contribution >= 0.6 is 11.6 Å². The van der Waals surface area contributed by atoms with Gasteiger partial charge in [0.05, 0.1) is 0 Å². The van der Waals surface area contributed by atoms with Gasteiger partial charge in [0.25, 0.3) is 0 Å². The fourth-order valence-corrected chi connectivity index (χ4v) is 2.87. The average molecular weight is 270 g/mol. The van der Waals surface area contributed by atoms with E-state index in [9.17, 15) is 0 Å². The summed E-state index contributed by atoms with van der Waals surface area (Å²) in [4.78, 5) is 0. The molecule has 2 heteroatoms. The molecule has 1 atom stereocenters. The number of aryl methyl sites for hydroxylation is 1. The third-order valence-corrected chi connectivity index (χ3v) is 4.13. The Morgan fingerprint density at radius 3 is 2.63 bits per heavy atom. The number of nitrogens with zero attached hydrogens (tertiary/aromatic N) is 1. The molecule has 0 bridgehead atoms. The van der Waals surface area contributed by atoms with E-state index in [0.29, 0.717) is 5.92 Å². The fourth-order valence-electron chi connectivity index (χ4n) is 2.58. The van der Waals surface area contributed by atoms with Crippen molar-refractivity contribution in [1.29, 1.82) is 0 Å². The minimum absolute atomic E-state index is 0.304. The molecule has 0 N–H and O–H groups in total. The van der Waals surface area contributed by atoms with Gasteiger partial charge in [-0.1, -0.05) is 42.8 Å². The summed E-state index contributed by atoms with van der Waals surface area (Å²) in [6.07, 6.45) is 2.09. The van der Waals surface area contributed by atoms with Crippen molar-refractivity contribution in [1.82, 2.24) is 4.57 Å². The van der Waals surface area contributed by atoms with E-state index in [1.807, 2.05) is 18.2 Å². The van der Waals surface area contributed by atoms with Gasteiger partial charge in [0.1, 0.15) is 0 Å². The smallest absolute Gasteiger partial charge is 0.0477 e. The summed E-state index contributed by atoms with van der Waals surface area (Å²) in [5.41, 5.74) is 3.74. The van der Waals surface area contributed by atoms with Crippen LogP contribution in [0.4, 0.5) is 0 Å². The van der Waals surface area contributed by atoms with Gasteiger partial charge in [-0.2, -0.15) is 0 Å². The lowest BCUT2D eigenvalue weighted by atomic mass is 9.92. The maximum absolute atomic E-state index is 6.29. The number of fused-ring (bicyclic) bond motifs is 1. The minimum Gasteiger partial charge on any atom is -0.351 e. The number of halogens is 1. The molecule has 0 aliphatic rings. The van der Waals surface area contributed by atoms with E-state index in [2.05, 4.69) is 55.1 Å². The summed E-state index contributed by atoms with van der Waals surface area (Å²) in [5, 5.41) is 2.11. The molecule has 0 spiro atoms. The van der Waals surface area contributed by atoms with E-state index in [1.54, 1.807) is 0 Å². The molecule has 0 saturated heterocycles. The highest BCUT2D eigenvalue weighted by Gasteiger charge is 2.12. The zero-order valence-corrected chi connectivity index (χ0v) is 11.9. The molecule has 1 heterocycles. The predicted octanol–water partition coefficient (Wildman–Crippen LogP) is 4.98. The molecule has 0 aliphatic carbocycles. The molecule has 19 heavy (non-hydrogen) atoms. The second-order valence-electron chi connectivity index (χ2n) is 4.99. The second-order valence-corrected chi connectivity index (χ2v) is 5.40. The topological polar surface area (TPSA) is 4.93 Å². The van der Waals surface area contributed by atoms with E-state index < -0.39 is 0 Å². The highest BCUT2D eigenvalue weighted by molar-refractivity contribution is 6.31. The summed E-state index contributed by atoms with van der Waals surface area (Å²) in [7, 11) is 2.07. The Labute approximate surface area is 118 Å². The van der Waals surface area contributed by atoms with E-state index in [1.165, 1.54) is 22.0 Å². The molecular weight excluding hydrogens is 254 g/mol. The fraction of sp³-hybridized carbons (Fsp3) is 0.176. The minimum atomic E-state index is 0.304. The Hall–Kier alpha value is -1.73. The van der Waals surface area contributed by atoms with Crippen LogP contribution in [0.25, 0.3) is 10.9 Å². The SMILES string of the molecule is C[C@@H](c1ccc2c(ccn2C)c1)c1ccccc1Cl. The predicted molar refractivity (Wildman–Crippen MR) is 81.9 cm³/mol. The van der Waals surface area contributed by atoms with Crippen LogP contribution in [-0.4, -0.2) is 4.57 Å². The standard InChI is InChI=1S/C17H16ClN/c1-12(15-5-3-4-6-16(15)18)13-7-8-17-14(11-13)9-10-19(17)2/h3-12H,1-2H3/t12-/m0/s1. The molecule has 0 unspecified atom stereocenters. The number of rotatable bonds is 2. The summed E-state index contributed by atoms with van der Waals surface area (Å²) >= 11 is 6.29. The lowest BCUT2D eigenvalue weighted by molar-refractivity contribution is 0.923. The number of hydrogen-bond acceptors (Lipinski definition) is 0. The summed E-state index contributed by atoms with van der Waals surface area (Å²) < 4.78 is 2.14. The van der Waals surface area contributed by atoms with Gasteiger partial charge in [-0.3, -0.25) is 0 Å². The summed E-state index contributed by atoms with van der Waals surface area (Å²) in [6.45, 7) is 2.20. The molecule has 0 aliphatic heterocycles. The molecule has 1 nitrogen and oxygen atoms in total. The van der Waals surface area contributed by atoms with E-state index in [0.717, 1.165) is 5.02 Å². The third-order valence-electron chi connectivity index (χ3n) is 3.78. The van der Waals surface area contributed by atoms with Gasteiger partial charge in [-0.15, -0.1) is 0 Å². The quantitative estimate of drug-likeness (QED) is 0.618. The van der Waals surface area contributed by atoms with Crippen molar-refractivity contribution in [3.8, 4) is 0 Å². The van der Waals surface area contributed by atoms with Crippen LogP contribution in [0.3, 0.4) is 0 Å². The van der Waals surface area contributed by atoms with Crippen LogP contribution < -0.4 is 0 Å². The Balaban J connectivity index is 2.06. The Morgan fingerprint density at radius 1 is 1.05 bits per heavy atom. The Bertz CT molecular complexity index is 727. The highest BCUT2D eigenvalue weighted by atomic mass is 35.5. The maximum atomic E-state index is 6.29. The Morgan fingerprint density at radius 2 is 1.84 bits per heavy atom. The van der Waals surface area contributed by atoms with Gasteiger partial charge < -0.3 is 4.57 Å². The van der Waals surface area contributed by atoms with Crippen molar-refractivity contribution >= 4 is 22.5 Å². The maximum Gasteiger partial charge on any atom is 0.0477 e. The zero-order valence-electron chi connectivity index (χ0n) is 11.1. The molecule has 3 aromatic rings. The van der Waals surface area contributed by atoms with Gasteiger partial charge in [0.15, 0.2) is 0 Å². The van der Waals surface area contributed by atoms with Crippen molar-refractivity contribution in [2.45, 2.75) is 12.8 Å². The van der Waals surface area contributed by atoms with Crippen LogP contribution in [-0.2, 0) is 7.05 Å². The van der Waals surface area contributed by atoms with Gasteiger partial charge in [-0.25, -0.2) is 0 Å². The summed E-state index contributed by atoms with van der Waals surface area (Å²) in [6, 6.07) is 16.8. The van der Waals surface area contributed by atoms with E-state index in [-0.39, 0.29) is 0 Å². The van der Waals surface area contributed by atoms with Gasteiger partial charge in [0, 0.05) is 29.7 Å². The van der Waals surface area contributed by atoms with Gasteiger partial charge in [0.2, 0.25) is 0 Å². The van der Waals surface area contributed by atoms with Gasteiger partial charge >= 0.3 is 0 Å². The highest BCUT2D eigenvalue weighted by Crippen LogP contribution is 2.31. The number of benzene rings is 2. The molecule has 2 aromatic carbocycles. The lowest BCUT2D eigenvalue weighted by Gasteiger charge is -2.14. The van der Waals surface area contributed by atoms with Crippen molar-refractivity contribution in [2.24, 2.45) is 7.05 Å². The largest absolute Gasteiger partial charge is 0.351 e. The van der Waals surface area contributed by atoms with Crippen LogP contribution in [0.1, 0.15) is 24.0 Å². The monoisotopic (exact) mass is 269 g/mol. The van der Waals surface area contributed by atoms with E-state index in [4.69, 9.17) is 11.6 Å². The Kier molecular flexibility index (Phi) is 3.08. The molecule has 0 amide bonds. The first-order chi connectivity index (χ1) is 9.16. The van der Waals surface area contributed by atoms with Crippen LogP contribution in [0, 0.1) is 0 Å². The third kappa shape index (κ3) is 2.15. The number of aromatic nitrogens is 1. The molecule has 1 aromatic heterocycles. The molecular formula is C17H16ClN. The van der Waals surface area contributed by atoms with Crippen molar-refractivity contribution in [2.75, 3.05) is 0 Å². The number of hydrogen-bond donors (Lipinski definition) is 0.